The van der Waals surface area contributed by atoms with Crippen molar-refractivity contribution in [2.75, 3.05) is 7.05 Å². The zero-order valence-corrected chi connectivity index (χ0v) is 8.25. The predicted octanol–water partition coefficient (Wildman–Crippen LogP) is 2.23. The van der Waals surface area contributed by atoms with E-state index in [1.54, 1.807) is 0 Å². The Morgan fingerprint density at radius 3 is 3.00 bits per heavy atom. The van der Waals surface area contributed by atoms with Gasteiger partial charge in [0.25, 0.3) is 0 Å². The van der Waals surface area contributed by atoms with E-state index in [9.17, 15) is 0 Å². The van der Waals surface area contributed by atoms with Crippen LogP contribution in [0.25, 0.3) is 0 Å². The summed E-state index contributed by atoms with van der Waals surface area (Å²) >= 11 is 0. The molecule has 1 atom stereocenters. The third kappa shape index (κ3) is 2.67. The molecule has 1 unspecified atom stereocenters. The lowest BCUT2D eigenvalue weighted by Gasteiger charge is -2.13. The highest BCUT2D eigenvalue weighted by Gasteiger charge is 2.07. The van der Waals surface area contributed by atoms with Gasteiger partial charge in [0.05, 0.1) is 11.7 Å². The van der Waals surface area contributed by atoms with E-state index in [1.807, 2.05) is 25.4 Å². The summed E-state index contributed by atoms with van der Waals surface area (Å²) in [6, 6.07) is 4.40. The molecule has 0 amide bonds. The summed E-state index contributed by atoms with van der Waals surface area (Å²) in [5.41, 5.74) is 2.33. The Labute approximate surface area is 79.7 Å². The fourth-order valence-corrected chi connectivity index (χ4v) is 1.30. The first-order valence-electron chi connectivity index (χ1n) is 4.48. The summed E-state index contributed by atoms with van der Waals surface area (Å²) in [6.07, 6.45) is 4.66. The van der Waals surface area contributed by atoms with E-state index in [1.165, 1.54) is 5.56 Å². The van der Waals surface area contributed by atoms with Gasteiger partial charge in [-0.05, 0) is 38.1 Å². The van der Waals surface area contributed by atoms with Crippen LogP contribution in [0, 0.1) is 6.92 Å². The Balaban J connectivity index is 2.84. The number of hydrogen-bond acceptors (Lipinski definition) is 2. The fraction of sp³-hybridized carbons (Fsp3) is 0.364. The molecule has 1 aromatic rings. The van der Waals surface area contributed by atoms with Crippen molar-refractivity contribution in [1.82, 2.24) is 10.3 Å². The van der Waals surface area contributed by atoms with Gasteiger partial charge in [-0.25, -0.2) is 0 Å². The lowest BCUT2D eigenvalue weighted by atomic mass is 10.1. The average molecular weight is 176 g/mol. The van der Waals surface area contributed by atoms with E-state index >= 15 is 0 Å². The number of rotatable bonds is 4. The molecule has 0 aliphatic carbocycles. The third-order valence-electron chi connectivity index (χ3n) is 2.04. The van der Waals surface area contributed by atoms with Gasteiger partial charge >= 0.3 is 0 Å². The first-order valence-corrected chi connectivity index (χ1v) is 4.48. The van der Waals surface area contributed by atoms with Crippen molar-refractivity contribution in [3.8, 4) is 0 Å². The SMILES string of the molecule is C=CCC(NC)c1cc(C)ccn1. The Kier molecular flexibility index (Phi) is 3.65. The molecule has 0 saturated heterocycles. The molecule has 0 aromatic carbocycles. The Morgan fingerprint density at radius 1 is 1.69 bits per heavy atom. The molecule has 70 valence electrons. The smallest absolute Gasteiger partial charge is 0.0578 e. The summed E-state index contributed by atoms with van der Waals surface area (Å²) in [4.78, 5) is 4.32. The standard InChI is InChI=1S/C11H16N2/c1-4-5-10(12-3)11-8-9(2)6-7-13-11/h4,6-8,10,12H,1,5H2,2-3H3. The van der Waals surface area contributed by atoms with E-state index in [2.05, 4.69) is 29.9 Å². The maximum absolute atomic E-state index is 4.32. The summed E-state index contributed by atoms with van der Waals surface area (Å²) < 4.78 is 0. The van der Waals surface area contributed by atoms with Gasteiger partial charge in [0.1, 0.15) is 0 Å². The molecule has 0 spiro atoms. The number of aryl methyl sites for hydroxylation is 1. The fourth-order valence-electron chi connectivity index (χ4n) is 1.30. The van der Waals surface area contributed by atoms with Crippen LogP contribution in [0.5, 0.6) is 0 Å². The van der Waals surface area contributed by atoms with Crippen molar-refractivity contribution in [2.24, 2.45) is 0 Å². The van der Waals surface area contributed by atoms with E-state index in [-0.39, 0.29) is 6.04 Å². The number of nitrogens with one attached hydrogen (secondary N) is 1. The van der Waals surface area contributed by atoms with Gasteiger partial charge in [0.2, 0.25) is 0 Å². The third-order valence-corrected chi connectivity index (χ3v) is 2.04. The number of nitrogens with zero attached hydrogens (tertiary/aromatic N) is 1. The highest BCUT2D eigenvalue weighted by Crippen LogP contribution is 2.14. The van der Waals surface area contributed by atoms with Crippen LogP contribution in [0.15, 0.2) is 31.0 Å². The van der Waals surface area contributed by atoms with Gasteiger partial charge in [0.15, 0.2) is 0 Å². The predicted molar refractivity (Wildman–Crippen MR) is 55.6 cm³/mol. The monoisotopic (exact) mass is 176 g/mol. The molecule has 0 saturated carbocycles. The van der Waals surface area contributed by atoms with Gasteiger partial charge in [-0.15, -0.1) is 6.58 Å². The van der Waals surface area contributed by atoms with Crippen LogP contribution >= 0.6 is 0 Å². The molecule has 1 N–H and O–H groups in total. The molecule has 0 radical (unpaired) electrons. The number of pyridine rings is 1. The van der Waals surface area contributed by atoms with Crippen molar-refractivity contribution in [3.63, 3.8) is 0 Å². The number of aromatic nitrogens is 1. The van der Waals surface area contributed by atoms with E-state index in [4.69, 9.17) is 0 Å². The normalized spacial score (nSPS) is 12.5. The topological polar surface area (TPSA) is 24.9 Å². The molecular weight excluding hydrogens is 160 g/mol. The largest absolute Gasteiger partial charge is 0.311 e. The molecule has 13 heavy (non-hydrogen) atoms. The highest BCUT2D eigenvalue weighted by molar-refractivity contribution is 5.17. The van der Waals surface area contributed by atoms with Crippen LogP contribution < -0.4 is 5.32 Å². The maximum atomic E-state index is 4.32. The first kappa shape index (κ1) is 9.93. The molecule has 2 heteroatoms. The first-order chi connectivity index (χ1) is 6.27. The van der Waals surface area contributed by atoms with Crippen molar-refractivity contribution in [1.29, 1.82) is 0 Å². The van der Waals surface area contributed by atoms with Crippen LogP contribution in [0.3, 0.4) is 0 Å². The van der Waals surface area contributed by atoms with Gasteiger partial charge in [-0.3, -0.25) is 4.98 Å². The maximum Gasteiger partial charge on any atom is 0.0578 e. The Hall–Kier alpha value is -1.15. The van der Waals surface area contributed by atoms with Gasteiger partial charge in [-0.2, -0.15) is 0 Å². The van der Waals surface area contributed by atoms with Crippen molar-refractivity contribution in [3.05, 3.63) is 42.2 Å². The highest BCUT2D eigenvalue weighted by atomic mass is 14.9. The van der Waals surface area contributed by atoms with Crippen LogP contribution in [0.1, 0.15) is 23.7 Å². The second-order valence-electron chi connectivity index (χ2n) is 3.12. The van der Waals surface area contributed by atoms with E-state index < -0.39 is 0 Å². The minimum atomic E-state index is 0.289. The molecule has 0 fully saturated rings. The number of hydrogen-bond donors (Lipinski definition) is 1. The quantitative estimate of drug-likeness (QED) is 0.711. The second-order valence-corrected chi connectivity index (χ2v) is 3.12. The van der Waals surface area contributed by atoms with Gasteiger partial charge < -0.3 is 5.32 Å². The zero-order valence-electron chi connectivity index (χ0n) is 8.25. The molecule has 1 heterocycles. The minimum Gasteiger partial charge on any atom is -0.311 e. The Morgan fingerprint density at radius 2 is 2.46 bits per heavy atom. The molecule has 0 bridgehead atoms. The van der Waals surface area contributed by atoms with E-state index in [0.717, 1.165) is 12.1 Å². The van der Waals surface area contributed by atoms with Crippen molar-refractivity contribution in [2.45, 2.75) is 19.4 Å². The lowest BCUT2D eigenvalue weighted by molar-refractivity contribution is 0.586. The summed E-state index contributed by atoms with van der Waals surface area (Å²) in [5.74, 6) is 0. The second kappa shape index (κ2) is 4.77. The average Bonchev–Trinajstić information content (AvgIpc) is 2.14. The van der Waals surface area contributed by atoms with E-state index in [0.29, 0.717) is 0 Å². The summed E-state index contributed by atoms with van der Waals surface area (Å²) in [7, 11) is 1.94. The summed E-state index contributed by atoms with van der Waals surface area (Å²) in [5, 5.41) is 3.21. The Bertz CT molecular complexity index is 281. The van der Waals surface area contributed by atoms with Crippen LogP contribution in [0.4, 0.5) is 0 Å². The zero-order chi connectivity index (χ0) is 9.68. The minimum absolute atomic E-state index is 0.289. The lowest BCUT2D eigenvalue weighted by Crippen LogP contribution is -2.16. The van der Waals surface area contributed by atoms with Crippen LogP contribution in [-0.4, -0.2) is 12.0 Å². The molecule has 1 aromatic heterocycles. The molecule has 2 nitrogen and oxygen atoms in total. The molecule has 0 aliphatic heterocycles. The van der Waals surface area contributed by atoms with Crippen molar-refractivity contribution >= 4 is 0 Å². The van der Waals surface area contributed by atoms with Gasteiger partial charge in [0, 0.05) is 6.20 Å². The molecular formula is C11H16N2. The van der Waals surface area contributed by atoms with Gasteiger partial charge in [-0.1, -0.05) is 6.08 Å². The summed E-state index contributed by atoms with van der Waals surface area (Å²) in [6.45, 7) is 5.80. The molecule has 0 aliphatic rings. The van der Waals surface area contributed by atoms with Crippen LogP contribution in [0.2, 0.25) is 0 Å². The van der Waals surface area contributed by atoms with Crippen LogP contribution in [-0.2, 0) is 0 Å². The molecule has 1 rings (SSSR count). The van der Waals surface area contributed by atoms with Crippen molar-refractivity contribution < 1.29 is 0 Å².